The van der Waals surface area contributed by atoms with Crippen molar-refractivity contribution in [1.29, 1.82) is 0 Å². The van der Waals surface area contributed by atoms with Crippen LogP contribution in [0.5, 0.6) is 5.75 Å². The number of amides is 3. The lowest BCUT2D eigenvalue weighted by Gasteiger charge is -2.35. The van der Waals surface area contributed by atoms with E-state index < -0.39 is 29.7 Å². The lowest BCUT2D eigenvalue weighted by Crippen LogP contribution is -2.54. The van der Waals surface area contributed by atoms with Crippen molar-refractivity contribution < 1.29 is 24.2 Å². The monoisotopic (exact) mass is 523 g/mol. The molecule has 1 aromatic carbocycles. The van der Waals surface area contributed by atoms with Crippen LogP contribution in [-0.2, 0) is 14.3 Å². The first kappa shape index (κ1) is 31.6. The maximum absolute atomic E-state index is 13.8. The summed E-state index contributed by atoms with van der Waals surface area (Å²) in [6.07, 6.45) is 4.13. The zero-order valence-corrected chi connectivity index (χ0v) is 23.8. The molecule has 0 aliphatic rings. The summed E-state index contributed by atoms with van der Waals surface area (Å²) < 4.78 is 5.34. The summed E-state index contributed by atoms with van der Waals surface area (Å²) >= 11 is 4.31. The molecule has 0 saturated heterocycles. The summed E-state index contributed by atoms with van der Waals surface area (Å²) in [6, 6.07) is 2.84. The molecule has 0 heterocycles. The average Bonchev–Trinajstić information content (AvgIpc) is 2.76. The van der Waals surface area contributed by atoms with E-state index >= 15 is 0 Å². The molecule has 3 N–H and O–H groups in total. The molecule has 1 rings (SSSR count). The predicted octanol–water partition coefficient (Wildman–Crippen LogP) is 4.89. The molecule has 3 amide bonds. The number of carbonyl (C=O) groups is 3. The summed E-state index contributed by atoms with van der Waals surface area (Å²) in [5.41, 5.74) is 0.458. The van der Waals surface area contributed by atoms with Crippen LogP contribution in [0.4, 0.5) is 4.79 Å². The summed E-state index contributed by atoms with van der Waals surface area (Å²) in [7, 11) is 0. The zero-order valence-electron chi connectivity index (χ0n) is 22.9. The molecule has 1 aromatic rings. The number of unbranched alkanes of at least 4 members (excludes halogenated alkanes) is 4. The Hall–Kier alpha value is -2.42. The van der Waals surface area contributed by atoms with E-state index in [2.05, 4.69) is 30.2 Å². The van der Waals surface area contributed by atoms with E-state index in [1.54, 1.807) is 39.8 Å². The minimum Gasteiger partial charge on any atom is -0.508 e. The fraction of sp³-hybridized carbons (Fsp3) is 0.667. The largest absolute Gasteiger partial charge is 0.508 e. The molecule has 2 unspecified atom stereocenters. The second kappa shape index (κ2) is 15.0. The van der Waals surface area contributed by atoms with Crippen LogP contribution in [-0.4, -0.2) is 57.9 Å². The second-order valence-electron chi connectivity index (χ2n) is 10.4. The first-order chi connectivity index (χ1) is 16.8. The average molecular weight is 524 g/mol. The van der Waals surface area contributed by atoms with E-state index in [0.29, 0.717) is 24.1 Å². The number of phenolic OH excluding ortho intramolecular Hbond substituents is 1. The van der Waals surface area contributed by atoms with Crippen LogP contribution in [0.3, 0.4) is 0 Å². The van der Waals surface area contributed by atoms with Gasteiger partial charge in [0.1, 0.15) is 23.4 Å². The molecule has 0 saturated carbocycles. The van der Waals surface area contributed by atoms with Crippen LogP contribution in [0, 0.1) is 6.92 Å². The Labute approximate surface area is 222 Å². The Morgan fingerprint density at radius 1 is 1.08 bits per heavy atom. The number of ether oxygens (including phenoxy) is 1. The molecule has 2 atom stereocenters. The molecule has 9 heteroatoms. The number of rotatable bonds is 13. The highest BCUT2D eigenvalue weighted by Crippen LogP contribution is 2.28. The summed E-state index contributed by atoms with van der Waals surface area (Å²) in [5.74, 6) is -0.593. The van der Waals surface area contributed by atoms with Gasteiger partial charge in [-0.1, -0.05) is 38.7 Å². The van der Waals surface area contributed by atoms with E-state index in [0.717, 1.165) is 25.7 Å². The van der Waals surface area contributed by atoms with Gasteiger partial charge in [-0.15, -0.1) is 0 Å². The number of benzene rings is 1. The first-order valence-electron chi connectivity index (χ1n) is 12.8. The third kappa shape index (κ3) is 10.7. The van der Waals surface area contributed by atoms with E-state index in [9.17, 15) is 19.5 Å². The maximum atomic E-state index is 13.8. The highest BCUT2D eigenvalue weighted by atomic mass is 32.1. The van der Waals surface area contributed by atoms with Crippen molar-refractivity contribution >= 4 is 30.5 Å². The van der Waals surface area contributed by atoms with Crippen LogP contribution in [0.25, 0.3) is 0 Å². The third-order valence-electron chi connectivity index (χ3n) is 5.48. The zero-order chi connectivity index (χ0) is 27.5. The number of nitrogens with one attached hydrogen (secondary N) is 2. The number of aryl methyl sites for hydroxylation is 1. The third-order valence-corrected chi connectivity index (χ3v) is 5.85. The highest BCUT2D eigenvalue weighted by Gasteiger charge is 2.36. The van der Waals surface area contributed by atoms with Crippen molar-refractivity contribution in [3.63, 3.8) is 0 Å². The van der Waals surface area contributed by atoms with Gasteiger partial charge in [-0.3, -0.25) is 9.59 Å². The minimum absolute atomic E-state index is 0.0392. The van der Waals surface area contributed by atoms with E-state index in [1.165, 1.54) is 11.0 Å². The number of nitrogens with zero attached hydrogens (tertiary/aromatic N) is 1. The molecular weight excluding hydrogens is 478 g/mol. The molecule has 0 radical (unpaired) electrons. The standard InChI is InChI=1S/C27H45N3O5S/c1-8-9-10-11-12-15-30(25(33)21(17-36)29-26(34)35-27(5,6)7)23(24(32)28-18(2)3)20-13-14-22(31)19(4)16-20/h13-14,16,18,21,23,31,36H,8-12,15,17H2,1-7H3,(H,28,32)(H,29,34). The predicted molar refractivity (Wildman–Crippen MR) is 146 cm³/mol. The van der Waals surface area contributed by atoms with E-state index in [-0.39, 0.29) is 23.5 Å². The van der Waals surface area contributed by atoms with Gasteiger partial charge < -0.3 is 25.4 Å². The Bertz CT molecular complexity index is 869. The SMILES string of the molecule is CCCCCCCN(C(=O)C(CS)NC(=O)OC(C)(C)C)C(C(=O)NC(C)C)c1ccc(O)c(C)c1. The van der Waals surface area contributed by atoms with Crippen molar-refractivity contribution in [2.24, 2.45) is 0 Å². The van der Waals surface area contributed by atoms with Gasteiger partial charge in [0, 0.05) is 18.3 Å². The summed E-state index contributed by atoms with van der Waals surface area (Å²) in [4.78, 5) is 41.2. The smallest absolute Gasteiger partial charge is 0.408 e. The Morgan fingerprint density at radius 3 is 2.25 bits per heavy atom. The number of phenols is 1. The van der Waals surface area contributed by atoms with Crippen LogP contribution in [0.15, 0.2) is 18.2 Å². The molecule has 8 nitrogen and oxygen atoms in total. The number of thiol groups is 1. The molecule has 0 aliphatic heterocycles. The number of carbonyl (C=O) groups excluding carboxylic acids is 3. The topological polar surface area (TPSA) is 108 Å². The molecule has 0 aliphatic carbocycles. The van der Waals surface area contributed by atoms with E-state index in [1.807, 2.05) is 13.8 Å². The van der Waals surface area contributed by atoms with Gasteiger partial charge in [-0.25, -0.2) is 4.79 Å². The summed E-state index contributed by atoms with van der Waals surface area (Å²) in [6.45, 7) is 13.1. The minimum atomic E-state index is -0.980. The van der Waals surface area contributed by atoms with Gasteiger partial charge in [-0.05, 0) is 71.2 Å². The van der Waals surface area contributed by atoms with Crippen molar-refractivity contribution in [1.82, 2.24) is 15.5 Å². The normalized spacial score (nSPS) is 13.1. The van der Waals surface area contributed by atoms with Gasteiger partial charge in [0.05, 0.1) is 0 Å². The maximum Gasteiger partial charge on any atom is 0.408 e. The number of aromatic hydroxyl groups is 1. The van der Waals surface area contributed by atoms with Gasteiger partial charge in [0.15, 0.2) is 0 Å². The van der Waals surface area contributed by atoms with Crippen LogP contribution in [0.1, 0.15) is 90.8 Å². The lowest BCUT2D eigenvalue weighted by molar-refractivity contribution is -0.142. The number of hydrogen-bond donors (Lipinski definition) is 4. The quantitative estimate of drug-likeness (QED) is 0.218. The molecule has 0 fully saturated rings. The highest BCUT2D eigenvalue weighted by molar-refractivity contribution is 7.80. The fourth-order valence-electron chi connectivity index (χ4n) is 3.77. The van der Waals surface area contributed by atoms with Crippen molar-refractivity contribution in [3.05, 3.63) is 29.3 Å². The van der Waals surface area contributed by atoms with Gasteiger partial charge >= 0.3 is 6.09 Å². The van der Waals surface area contributed by atoms with Gasteiger partial charge in [-0.2, -0.15) is 12.6 Å². The molecule has 0 bridgehead atoms. The summed E-state index contributed by atoms with van der Waals surface area (Å²) in [5, 5.41) is 15.6. The number of alkyl carbamates (subject to hydrolysis) is 1. The molecule has 204 valence electrons. The van der Waals surface area contributed by atoms with Crippen molar-refractivity contribution in [2.45, 2.75) is 104 Å². The molecular formula is C27H45N3O5S. The Morgan fingerprint density at radius 2 is 1.72 bits per heavy atom. The van der Waals surface area contributed by atoms with Crippen LogP contribution < -0.4 is 10.6 Å². The molecule has 36 heavy (non-hydrogen) atoms. The lowest BCUT2D eigenvalue weighted by atomic mass is 9.99. The fourth-order valence-corrected chi connectivity index (χ4v) is 4.02. The van der Waals surface area contributed by atoms with Gasteiger partial charge in [0.25, 0.3) is 0 Å². The van der Waals surface area contributed by atoms with Gasteiger partial charge in [0.2, 0.25) is 11.8 Å². The number of hydrogen-bond acceptors (Lipinski definition) is 6. The van der Waals surface area contributed by atoms with Crippen molar-refractivity contribution in [2.75, 3.05) is 12.3 Å². The second-order valence-corrected chi connectivity index (χ2v) is 10.8. The first-order valence-corrected chi connectivity index (χ1v) is 13.4. The molecule has 0 aromatic heterocycles. The van der Waals surface area contributed by atoms with Crippen LogP contribution >= 0.6 is 12.6 Å². The Balaban J connectivity index is 3.39. The molecule has 0 spiro atoms. The van der Waals surface area contributed by atoms with Crippen molar-refractivity contribution in [3.8, 4) is 5.75 Å². The van der Waals surface area contributed by atoms with Crippen LogP contribution in [0.2, 0.25) is 0 Å². The Kier molecular flexibility index (Phi) is 13.1. The van der Waals surface area contributed by atoms with E-state index in [4.69, 9.17) is 4.74 Å².